The van der Waals surface area contributed by atoms with Crippen molar-refractivity contribution in [1.82, 2.24) is 0 Å². The number of hydrogen-bond donors (Lipinski definition) is 3. The number of carbonyl (C=O) groups excluding carboxylic acids is 4. The third-order valence-electron chi connectivity index (χ3n) is 17.8. The molecule has 560 valence electrons. The van der Waals surface area contributed by atoms with Crippen LogP contribution in [0.5, 0.6) is 0 Å². The van der Waals surface area contributed by atoms with E-state index in [0.29, 0.717) is 25.7 Å². The van der Waals surface area contributed by atoms with Crippen molar-refractivity contribution < 1.29 is 80.2 Å². The Kier molecular flexibility index (Phi) is 65.6. The standard InChI is InChI=1S/C76H144O17P2/c1-7-11-13-15-17-19-21-23-25-26-27-28-29-31-33-35-37-39-48-54-60-75(80)92-71(64-86-73(78)58-52-46-38-36-34-32-30-24-22-20-18-16-14-12-8-2)66-90-94(82,83)88-62-70(77)63-89-95(84,85)91-67-72(93-76(81)61-55-49-43-41-45-51-57-69(6)10-4)65-87-74(79)59-53-47-42-40-44-50-56-68(5)9-3/h20,22,24,30,68-72,77H,7-19,21,23,25-29,31-67H2,1-6H3,(H,82,83)(H,84,85)/b22-20-,30-24-/t68?,69?,70-,71-,72-/m1/s1. The van der Waals surface area contributed by atoms with Gasteiger partial charge in [-0.05, 0) is 63.2 Å². The van der Waals surface area contributed by atoms with Gasteiger partial charge in [-0.15, -0.1) is 0 Å². The molecule has 7 atom stereocenters. The molecular formula is C76H144O17P2. The first-order valence-electron chi connectivity index (χ1n) is 38.9. The highest BCUT2D eigenvalue weighted by Gasteiger charge is 2.30. The zero-order chi connectivity index (χ0) is 70.0. The Morgan fingerprint density at radius 1 is 0.337 bits per heavy atom. The van der Waals surface area contributed by atoms with Crippen molar-refractivity contribution >= 4 is 39.5 Å². The fourth-order valence-corrected chi connectivity index (χ4v) is 12.6. The lowest BCUT2D eigenvalue weighted by Gasteiger charge is -2.21. The Morgan fingerprint density at radius 3 is 0.895 bits per heavy atom. The Hall–Kier alpha value is -2.46. The van der Waals surface area contributed by atoms with E-state index in [1.54, 1.807) is 0 Å². The largest absolute Gasteiger partial charge is 0.472 e. The molecule has 0 aliphatic carbocycles. The smallest absolute Gasteiger partial charge is 0.462 e. The second kappa shape index (κ2) is 67.4. The molecule has 0 heterocycles. The van der Waals surface area contributed by atoms with Crippen LogP contribution in [0, 0.1) is 11.8 Å². The molecule has 4 unspecified atom stereocenters. The number of allylic oxidation sites excluding steroid dienone is 4. The fraction of sp³-hybridized carbons (Fsp3) is 0.895. The Balaban J connectivity index is 5.25. The number of rotatable bonds is 73. The highest BCUT2D eigenvalue weighted by atomic mass is 31.2. The average Bonchev–Trinajstić information content (AvgIpc) is 1.53. The van der Waals surface area contributed by atoms with Crippen LogP contribution < -0.4 is 0 Å². The topological polar surface area (TPSA) is 237 Å². The molecule has 0 fully saturated rings. The summed E-state index contributed by atoms with van der Waals surface area (Å²) in [6, 6.07) is 0. The van der Waals surface area contributed by atoms with Crippen LogP contribution in [0.25, 0.3) is 0 Å². The summed E-state index contributed by atoms with van der Waals surface area (Å²) < 4.78 is 68.4. The number of aliphatic hydroxyl groups excluding tert-OH is 1. The molecule has 0 aliphatic heterocycles. The summed E-state index contributed by atoms with van der Waals surface area (Å²) in [6.45, 7) is 9.43. The molecule has 3 N–H and O–H groups in total. The van der Waals surface area contributed by atoms with E-state index >= 15 is 0 Å². The van der Waals surface area contributed by atoms with E-state index in [1.165, 1.54) is 161 Å². The van der Waals surface area contributed by atoms with E-state index in [9.17, 15) is 43.2 Å². The number of phosphoric acid groups is 2. The molecule has 0 aromatic rings. The van der Waals surface area contributed by atoms with Gasteiger partial charge in [0.1, 0.15) is 19.3 Å². The molecule has 0 saturated carbocycles. The summed E-state index contributed by atoms with van der Waals surface area (Å²) in [7, 11) is -9.92. The maximum atomic E-state index is 13.1. The fourth-order valence-electron chi connectivity index (χ4n) is 11.0. The molecule has 0 bridgehead atoms. The van der Waals surface area contributed by atoms with E-state index < -0.39 is 97.5 Å². The van der Waals surface area contributed by atoms with E-state index in [2.05, 4.69) is 65.8 Å². The molecule has 17 nitrogen and oxygen atoms in total. The predicted octanol–water partition coefficient (Wildman–Crippen LogP) is 21.9. The SMILES string of the molecule is CCCCCC/C=C\C=C/CCCCCCCC(=O)OC[C@H](COP(=O)(O)OC[C@@H](O)COP(=O)(O)OC[C@@H](COC(=O)CCCCCCCCC(C)CC)OC(=O)CCCCCCCCC(C)CC)OC(=O)CCCCCCCCCCCCCCCCCCCCCC. The van der Waals surface area contributed by atoms with Crippen LogP contribution in [-0.4, -0.2) is 96.7 Å². The first-order valence-corrected chi connectivity index (χ1v) is 41.9. The number of esters is 4. The molecule has 0 saturated heterocycles. The minimum Gasteiger partial charge on any atom is -0.462 e. The first kappa shape index (κ1) is 92.5. The van der Waals surface area contributed by atoms with Crippen molar-refractivity contribution in [1.29, 1.82) is 0 Å². The third kappa shape index (κ3) is 67.2. The van der Waals surface area contributed by atoms with Crippen molar-refractivity contribution in [3.63, 3.8) is 0 Å². The van der Waals surface area contributed by atoms with Crippen LogP contribution >= 0.6 is 15.6 Å². The zero-order valence-corrected chi connectivity index (χ0v) is 63.2. The summed E-state index contributed by atoms with van der Waals surface area (Å²) >= 11 is 0. The van der Waals surface area contributed by atoms with Crippen molar-refractivity contribution in [3.8, 4) is 0 Å². The minimum atomic E-state index is -4.96. The van der Waals surface area contributed by atoms with E-state index in [4.69, 9.17) is 37.0 Å². The molecule has 0 radical (unpaired) electrons. The van der Waals surface area contributed by atoms with Gasteiger partial charge in [0, 0.05) is 25.7 Å². The van der Waals surface area contributed by atoms with Crippen molar-refractivity contribution in [2.24, 2.45) is 11.8 Å². The molecular weight excluding hydrogens is 1250 g/mol. The second-order valence-corrected chi connectivity index (χ2v) is 30.1. The van der Waals surface area contributed by atoms with Gasteiger partial charge in [0.15, 0.2) is 12.2 Å². The monoisotopic (exact) mass is 1390 g/mol. The van der Waals surface area contributed by atoms with Crippen molar-refractivity contribution in [2.75, 3.05) is 39.6 Å². The lowest BCUT2D eigenvalue weighted by Crippen LogP contribution is -2.30. The number of unbranched alkanes of at least 4 members (excludes halogenated alkanes) is 38. The zero-order valence-electron chi connectivity index (χ0n) is 61.5. The van der Waals surface area contributed by atoms with E-state index in [1.807, 2.05) is 0 Å². The van der Waals surface area contributed by atoms with Crippen LogP contribution in [0.1, 0.15) is 369 Å². The normalized spacial score (nSPS) is 14.7. The first-order chi connectivity index (χ1) is 45.9. The van der Waals surface area contributed by atoms with Crippen LogP contribution in [0.3, 0.4) is 0 Å². The quantitative estimate of drug-likeness (QED) is 0.0169. The van der Waals surface area contributed by atoms with Crippen molar-refractivity contribution in [2.45, 2.75) is 387 Å². The molecule has 0 aromatic heterocycles. The van der Waals surface area contributed by atoms with E-state index in [-0.39, 0.29) is 25.7 Å². The van der Waals surface area contributed by atoms with Crippen LogP contribution in [0.15, 0.2) is 24.3 Å². The second-order valence-electron chi connectivity index (χ2n) is 27.2. The van der Waals surface area contributed by atoms with Crippen LogP contribution in [0.4, 0.5) is 0 Å². The summed E-state index contributed by atoms with van der Waals surface area (Å²) in [6.07, 6.45) is 57.9. The van der Waals surface area contributed by atoms with Gasteiger partial charge in [0.2, 0.25) is 0 Å². The summed E-state index contributed by atoms with van der Waals surface area (Å²) in [4.78, 5) is 72.7. The molecule has 95 heavy (non-hydrogen) atoms. The number of aliphatic hydroxyl groups is 1. The molecule has 19 heteroatoms. The highest BCUT2D eigenvalue weighted by Crippen LogP contribution is 2.45. The van der Waals surface area contributed by atoms with Gasteiger partial charge >= 0.3 is 39.5 Å². The number of ether oxygens (including phenoxy) is 4. The summed E-state index contributed by atoms with van der Waals surface area (Å²) in [5, 5.41) is 10.6. The van der Waals surface area contributed by atoms with Crippen LogP contribution in [0.2, 0.25) is 0 Å². The van der Waals surface area contributed by atoms with Gasteiger partial charge in [-0.2, -0.15) is 0 Å². The Bertz CT molecular complexity index is 1940. The lowest BCUT2D eigenvalue weighted by atomic mass is 10.00. The van der Waals surface area contributed by atoms with Gasteiger partial charge in [-0.1, -0.05) is 316 Å². The molecule has 0 spiro atoms. The predicted molar refractivity (Wildman–Crippen MR) is 386 cm³/mol. The molecule has 0 aliphatic rings. The maximum Gasteiger partial charge on any atom is 0.472 e. The minimum absolute atomic E-state index is 0.0998. The van der Waals surface area contributed by atoms with E-state index in [0.717, 1.165) is 127 Å². The Labute approximate surface area is 580 Å². The average molecular weight is 1390 g/mol. The number of phosphoric ester groups is 2. The van der Waals surface area contributed by atoms with Gasteiger partial charge in [-0.25, -0.2) is 9.13 Å². The van der Waals surface area contributed by atoms with Gasteiger partial charge in [0.25, 0.3) is 0 Å². The van der Waals surface area contributed by atoms with Crippen LogP contribution in [-0.2, 0) is 65.4 Å². The van der Waals surface area contributed by atoms with Gasteiger partial charge in [-0.3, -0.25) is 37.3 Å². The lowest BCUT2D eigenvalue weighted by molar-refractivity contribution is -0.161. The Morgan fingerprint density at radius 2 is 0.589 bits per heavy atom. The molecule has 0 aromatic carbocycles. The number of hydrogen-bond acceptors (Lipinski definition) is 15. The van der Waals surface area contributed by atoms with Gasteiger partial charge in [0.05, 0.1) is 26.4 Å². The summed E-state index contributed by atoms with van der Waals surface area (Å²) in [5.74, 6) is -0.705. The number of carbonyl (C=O) groups is 4. The third-order valence-corrected chi connectivity index (χ3v) is 19.7. The summed E-state index contributed by atoms with van der Waals surface area (Å²) in [5.41, 5.74) is 0. The molecule has 0 amide bonds. The molecule has 0 rings (SSSR count). The maximum absolute atomic E-state index is 13.1. The van der Waals surface area contributed by atoms with Crippen molar-refractivity contribution in [3.05, 3.63) is 24.3 Å². The highest BCUT2D eigenvalue weighted by molar-refractivity contribution is 7.47. The van der Waals surface area contributed by atoms with Gasteiger partial charge < -0.3 is 33.8 Å².